The molecule has 3 aromatic rings. The van der Waals surface area contributed by atoms with Crippen LogP contribution in [0.15, 0.2) is 54.9 Å². The summed E-state index contributed by atoms with van der Waals surface area (Å²) in [6.07, 6.45) is 3.41. The minimum absolute atomic E-state index is 0.204. The molecule has 0 bridgehead atoms. The highest BCUT2D eigenvalue weighted by atomic mass is 16.1. The van der Waals surface area contributed by atoms with Crippen molar-refractivity contribution >= 4 is 17.3 Å². The van der Waals surface area contributed by atoms with Gasteiger partial charge in [-0.2, -0.15) is 5.10 Å². The first-order valence-electron chi connectivity index (χ1n) is 9.00. The van der Waals surface area contributed by atoms with Crippen LogP contribution in [0.5, 0.6) is 0 Å². The third-order valence-corrected chi connectivity index (χ3v) is 4.79. The second kappa shape index (κ2) is 7.59. The summed E-state index contributed by atoms with van der Waals surface area (Å²) in [5, 5.41) is 10.1. The Hall–Kier alpha value is -3.19. The molecule has 1 fully saturated rings. The molecule has 1 aromatic carbocycles. The highest BCUT2D eigenvalue weighted by Gasteiger charge is 2.19. The van der Waals surface area contributed by atoms with Gasteiger partial charge in [0.2, 0.25) is 0 Å². The van der Waals surface area contributed by atoms with Gasteiger partial charge < -0.3 is 15.1 Å². The maximum Gasteiger partial charge on any atom is 0.273 e. The zero-order chi connectivity index (χ0) is 18.6. The maximum absolute atomic E-state index is 12.7. The van der Waals surface area contributed by atoms with Crippen LogP contribution in [0, 0.1) is 0 Å². The van der Waals surface area contributed by atoms with Crippen molar-refractivity contribution in [1.29, 1.82) is 0 Å². The average Bonchev–Trinajstić information content (AvgIpc) is 3.20. The molecule has 1 saturated heterocycles. The molecule has 138 valence electrons. The first-order valence-corrected chi connectivity index (χ1v) is 9.00. The van der Waals surface area contributed by atoms with E-state index in [1.165, 1.54) is 0 Å². The van der Waals surface area contributed by atoms with Gasteiger partial charge in [0.25, 0.3) is 5.91 Å². The molecule has 0 spiro atoms. The summed E-state index contributed by atoms with van der Waals surface area (Å²) in [4.78, 5) is 21.3. The molecule has 3 heterocycles. The number of likely N-dealkylation sites (N-methyl/N-ethyl adjacent to an activating group) is 1. The summed E-state index contributed by atoms with van der Waals surface area (Å²) in [6.45, 7) is 3.91. The Kier molecular flexibility index (Phi) is 4.84. The van der Waals surface area contributed by atoms with E-state index in [9.17, 15) is 4.79 Å². The van der Waals surface area contributed by atoms with E-state index in [0.717, 1.165) is 48.8 Å². The van der Waals surface area contributed by atoms with E-state index in [4.69, 9.17) is 0 Å². The monoisotopic (exact) mass is 362 g/mol. The van der Waals surface area contributed by atoms with Gasteiger partial charge in [-0.15, -0.1) is 0 Å². The molecule has 4 rings (SSSR count). The minimum Gasteiger partial charge on any atom is -0.367 e. The number of para-hydroxylation sites is 2. The highest BCUT2D eigenvalue weighted by Crippen LogP contribution is 2.27. The Morgan fingerprint density at radius 2 is 1.81 bits per heavy atom. The predicted octanol–water partition coefficient (Wildman–Crippen LogP) is 2.48. The molecule has 0 atom stereocenters. The maximum atomic E-state index is 12.7. The molecule has 7 nitrogen and oxygen atoms in total. The molecular formula is C20H22N6O. The lowest BCUT2D eigenvalue weighted by atomic mass is 10.2. The lowest BCUT2D eigenvalue weighted by molar-refractivity contribution is 0.102. The van der Waals surface area contributed by atoms with E-state index in [0.29, 0.717) is 5.69 Å². The van der Waals surface area contributed by atoms with Crippen LogP contribution in [0.3, 0.4) is 0 Å². The number of aromatic nitrogens is 3. The summed E-state index contributed by atoms with van der Waals surface area (Å²) in [6, 6.07) is 13.4. The number of amides is 1. The summed E-state index contributed by atoms with van der Waals surface area (Å²) in [5.74, 6) is -0.204. The Bertz CT molecular complexity index is 915. The Balaban J connectivity index is 1.51. The molecule has 1 amide bonds. The highest BCUT2D eigenvalue weighted by molar-refractivity contribution is 6.05. The van der Waals surface area contributed by atoms with Gasteiger partial charge >= 0.3 is 0 Å². The van der Waals surface area contributed by atoms with E-state index in [-0.39, 0.29) is 5.91 Å². The smallest absolute Gasteiger partial charge is 0.273 e. The van der Waals surface area contributed by atoms with Gasteiger partial charge in [0.05, 0.1) is 17.1 Å². The van der Waals surface area contributed by atoms with Gasteiger partial charge in [0, 0.05) is 44.1 Å². The number of nitrogens with one attached hydrogen (secondary N) is 2. The third-order valence-electron chi connectivity index (χ3n) is 4.79. The molecule has 7 heteroatoms. The van der Waals surface area contributed by atoms with Gasteiger partial charge in [-0.25, -0.2) is 0 Å². The van der Waals surface area contributed by atoms with E-state index >= 15 is 0 Å². The van der Waals surface area contributed by atoms with Crippen molar-refractivity contribution in [2.75, 3.05) is 43.4 Å². The first kappa shape index (κ1) is 17.2. The number of hydrogen-bond donors (Lipinski definition) is 2. The van der Waals surface area contributed by atoms with E-state index in [1.807, 2.05) is 30.3 Å². The van der Waals surface area contributed by atoms with Crippen molar-refractivity contribution in [2.45, 2.75) is 0 Å². The number of pyridine rings is 1. The second-order valence-corrected chi connectivity index (χ2v) is 6.66. The summed E-state index contributed by atoms with van der Waals surface area (Å²) in [7, 11) is 2.13. The number of nitrogens with zero attached hydrogens (tertiary/aromatic N) is 4. The molecule has 1 aliphatic heterocycles. The number of piperazine rings is 1. The van der Waals surface area contributed by atoms with Crippen molar-refractivity contribution in [3.63, 3.8) is 0 Å². The van der Waals surface area contributed by atoms with Crippen LogP contribution in [-0.4, -0.2) is 59.2 Å². The molecule has 0 saturated carbocycles. The lowest BCUT2D eigenvalue weighted by Gasteiger charge is -2.35. The molecule has 2 aromatic heterocycles. The fraction of sp³-hybridized carbons (Fsp3) is 0.250. The number of anilines is 2. The molecule has 2 N–H and O–H groups in total. The topological polar surface area (TPSA) is 77.2 Å². The van der Waals surface area contributed by atoms with Crippen molar-refractivity contribution in [1.82, 2.24) is 20.1 Å². The van der Waals surface area contributed by atoms with E-state index in [2.05, 4.69) is 43.4 Å². The van der Waals surface area contributed by atoms with Gasteiger partial charge in [-0.1, -0.05) is 12.1 Å². The molecule has 0 unspecified atom stereocenters. The van der Waals surface area contributed by atoms with Gasteiger partial charge in [-0.05, 0) is 37.4 Å². The predicted molar refractivity (Wildman–Crippen MR) is 106 cm³/mol. The number of rotatable bonds is 4. The van der Waals surface area contributed by atoms with Crippen LogP contribution < -0.4 is 10.2 Å². The number of benzene rings is 1. The van der Waals surface area contributed by atoms with Crippen molar-refractivity contribution in [3.05, 3.63) is 60.6 Å². The van der Waals surface area contributed by atoms with Crippen molar-refractivity contribution in [2.24, 2.45) is 0 Å². The number of carbonyl (C=O) groups is 1. The molecule has 0 aliphatic carbocycles. The van der Waals surface area contributed by atoms with E-state index in [1.54, 1.807) is 18.5 Å². The van der Waals surface area contributed by atoms with Crippen LogP contribution in [0.4, 0.5) is 11.4 Å². The normalized spacial score (nSPS) is 14.9. The van der Waals surface area contributed by atoms with Crippen LogP contribution in [-0.2, 0) is 0 Å². The largest absolute Gasteiger partial charge is 0.367 e. The number of H-pyrrole nitrogens is 1. The van der Waals surface area contributed by atoms with Crippen LogP contribution in [0.25, 0.3) is 11.3 Å². The SMILES string of the molecule is CN1CCN(c2ccccc2NC(=O)c2cc(-c3ccncc3)n[nH]2)CC1. The number of carbonyl (C=O) groups excluding carboxylic acids is 1. The molecule has 1 aliphatic rings. The zero-order valence-electron chi connectivity index (χ0n) is 15.2. The fourth-order valence-electron chi connectivity index (χ4n) is 3.20. The zero-order valence-corrected chi connectivity index (χ0v) is 15.2. The third kappa shape index (κ3) is 3.83. The number of hydrogen-bond acceptors (Lipinski definition) is 5. The Labute approximate surface area is 158 Å². The van der Waals surface area contributed by atoms with Crippen LogP contribution >= 0.6 is 0 Å². The average molecular weight is 362 g/mol. The fourth-order valence-corrected chi connectivity index (χ4v) is 3.20. The number of aromatic amines is 1. The summed E-state index contributed by atoms with van der Waals surface area (Å²) >= 11 is 0. The van der Waals surface area contributed by atoms with Gasteiger partial charge in [0.15, 0.2) is 0 Å². The van der Waals surface area contributed by atoms with Crippen LogP contribution in [0.2, 0.25) is 0 Å². The Morgan fingerprint density at radius 1 is 1.07 bits per heavy atom. The van der Waals surface area contributed by atoms with Crippen molar-refractivity contribution < 1.29 is 4.79 Å². The Morgan fingerprint density at radius 3 is 2.59 bits per heavy atom. The van der Waals surface area contributed by atoms with Crippen LogP contribution in [0.1, 0.15) is 10.5 Å². The minimum atomic E-state index is -0.204. The molecule has 0 radical (unpaired) electrons. The lowest BCUT2D eigenvalue weighted by Crippen LogP contribution is -2.44. The quantitative estimate of drug-likeness (QED) is 0.746. The standard InChI is InChI=1S/C20H22N6O/c1-25-10-12-26(13-11-25)19-5-3-2-4-16(19)22-20(27)18-14-17(23-24-18)15-6-8-21-9-7-15/h2-9,14H,10-13H2,1H3,(H,22,27)(H,23,24). The van der Waals surface area contributed by atoms with Gasteiger partial charge in [0.1, 0.15) is 5.69 Å². The van der Waals surface area contributed by atoms with E-state index < -0.39 is 0 Å². The molecule has 27 heavy (non-hydrogen) atoms. The molecular weight excluding hydrogens is 340 g/mol. The van der Waals surface area contributed by atoms with Crippen molar-refractivity contribution in [3.8, 4) is 11.3 Å². The summed E-state index contributed by atoms with van der Waals surface area (Å²) in [5.41, 5.74) is 3.92. The first-order chi connectivity index (χ1) is 13.2. The van der Waals surface area contributed by atoms with Gasteiger partial charge in [-0.3, -0.25) is 14.9 Å². The summed E-state index contributed by atoms with van der Waals surface area (Å²) < 4.78 is 0. The second-order valence-electron chi connectivity index (χ2n) is 6.66.